The van der Waals surface area contributed by atoms with Crippen molar-refractivity contribution in [2.24, 2.45) is 0 Å². The minimum atomic E-state index is -0.273. The first-order chi connectivity index (χ1) is 12.1. The molecule has 5 heteroatoms. The first-order valence-electron chi connectivity index (χ1n) is 8.10. The van der Waals surface area contributed by atoms with E-state index in [9.17, 15) is 9.59 Å². The van der Waals surface area contributed by atoms with Crippen LogP contribution < -0.4 is 4.74 Å². The number of aryl methyl sites for hydroxylation is 1. The van der Waals surface area contributed by atoms with Gasteiger partial charge in [0.2, 0.25) is 6.41 Å². The van der Waals surface area contributed by atoms with E-state index in [-0.39, 0.29) is 5.91 Å². The molecule has 0 spiro atoms. The van der Waals surface area contributed by atoms with Crippen LogP contribution in [0, 0.1) is 6.92 Å². The molecule has 0 radical (unpaired) electrons. The lowest BCUT2D eigenvalue weighted by Crippen LogP contribution is -2.32. The largest absolute Gasteiger partial charge is 0.497 e. The maximum Gasteiger partial charge on any atom is 0.260 e. The number of nitrogens with zero attached hydrogens (tertiary/aromatic N) is 1. The van der Waals surface area contributed by atoms with Gasteiger partial charge in [-0.3, -0.25) is 14.5 Å². The van der Waals surface area contributed by atoms with Gasteiger partial charge in [-0.05, 0) is 48.7 Å². The van der Waals surface area contributed by atoms with E-state index in [0.717, 1.165) is 27.8 Å². The van der Waals surface area contributed by atoms with Crippen LogP contribution in [0.25, 0.3) is 10.9 Å². The van der Waals surface area contributed by atoms with Crippen molar-refractivity contribution in [2.45, 2.75) is 13.3 Å². The van der Waals surface area contributed by atoms with Crippen LogP contribution in [0.1, 0.15) is 21.5 Å². The molecule has 0 aliphatic rings. The standard InChI is InChI=1S/C20H20N2O3/c1-14-5-3-4-6-17(14)20(24)22(13-23)10-9-15-12-21-19-8-7-16(25-2)11-18(15)19/h3-8,11-13,21H,9-10H2,1-2H3. The molecule has 0 fully saturated rings. The summed E-state index contributed by atoms with van der Waals surface area (Å²) in [6, 6.07) is 13.1. The summed E-state index contributed by atoms with van der Waals surface area (Å²) in [4.78, 5) is 28.4. The lowest BCUT2D eigenvalue weighted by atomic mass is 10.1. The minimum absolute atomic E-state index is 0.273. The summed E-state index contributed by atoms with van der Waals surface area (Å²) < 4.78 is 5.27. The topological polar surface area (TPSA) is 62.4 Å². The molecule has 0 saturated heterocycles. The van der Waals surface area contributed by atoms with Gasteiger partial charge in [0.25, 0.3) is 5.91 Å². The summed E-state index contributed by atoms with van der Waals surface area (Å²) in [5.74, 6) is 0.502. The number of imide groups is 1. The van der Waals surface area contributed by atoms with Crippen molar-refractivity contribution in [1.82, 2.24) is 9.88 Å². The Balaban J connectivity index is 1.78. The Bertz CT molecular complexity index is 914. The number of methoxy groups -OCH3 is 1. The highest BCUT2D eigenvalue weighted by atomic mass is 16.5. The van der Waals surface area contributed by atoms with E-state index in [1.165, 1.54) is 4.90 Å². The SMILES string of the molecule is COc1ccc2[nH]cc(CCN(C=O)C(=O)c3ccccc3C)c2c1. The Morgan fingerprint density at radius 2 is 2.04 bits per heavy atom. The molecule has 25 heavy (non-hydrogen) atoms. The predicted octanol–water partition coefficient (Wildman–Crippen LogP) is 3.33. The number of ether oxygens (including phenoxy) is 1. The van der Waals surface area contributed by atoms with Gasteiger partial charge >= 0.3 is 0 Å². The molecule has 1 aromatic heterocycles. The first-order valence-corrected chi connectivity index (χ1v) is 8.10. The molecule has 0 aliphatic carbocycles. The maximum absolute atomic E-state index is 12.6. The van der Waals surface area contributed by atoms with Gasteiger partial charge < -0.3 is 9.72 Å². The Hall–Kier alpha value is -3.08. The fourth-order valence-corrected chi connectivity index (χ4v) is 2.90. The van der Waals surface area contributed by atoms with Crippen LogP contribution in [0.5, 0.6) is 5.75 Å². The molecule has 5 nitrogen and oxygen atoms in total. The van der Waals surface area contributed by atoms with Crippen molar-refractivity contribution in [1.29, 1.82) is 0 Å². The van der Waals surface area contributed by atoms with Gasteiger partial charge in [0, 0.05) is 29.2 Å². The van der Waals surface area contributed by atoms with Gasteiger partial charge in [-0.15, -0.1) is 0 Å². The van der Waals surface area contributed by atoms with Gasteiger partial charge in [-0.25, -0.2) is 0 Å². The number of rotatable bonds is 6. The average molecular weight is 336 g/mol. The van der Waals surface area contributed by atoms with Crippen LogP contribution in [0.2, 0.25) is 0 Å². The Labute approximate surface area is 146 Å². The van der Waals surface area contributed by atoms with Crippen LogP contribution in [-0.4, -0.2) is 35.9 Å². The second-order valence-electron chi connectivity index (χ2n) is 5.89. The van der Waals surface area contributed by atoms with Crippen LogP contribution in [-0.2, 0) is 11.2 Å². The second-order valence-corrected chi connectivity index (χ2v) is 5.89. The number of hydrogen-bond donors (Lipinski definition) is 1. The van der Waals surface area contributed by atoms with E-state index in [4.69, 9.17) is 4.74 Å². The highest BCUT2D eigenvalue weighted by Gasteiger charge is 2.17. The summed E-state index contributed by atoms with van der Waals surface area (Å²) in [7, 11) is 1.63. The van der Waals surface area contributed by atoms with Crippen molar-refractivity contribution >= 4 is 23.2 Å². The molecule has 2 amide bonds. The molecule has 3 aromatic rings. The van der Waals surface area contributed by atoms with E-state index in [2.05, 4.69) is 4.98 Å². The molecule has 0 atom stereocenters. The Morgan fingerprint density at radius 3 is 2.76 bits per heavy atom. The summed E-state index contributed by atoms with van der Waals surface area (Å²) in [6.45, 7) is 2.18. The normalized spacial score (nSPS) is 10.6. The van der Waals surface area contributed by atoms with Crippen LogP contribution in [0.15, 0.2) is 48.7 Å². The average Bonchev–Trinajstić information content (AvgIpc) is 3.04. The third kappa shape index (κ3) is 3.40. The third-order valence-corrected chi connectivity index (χ3v) is 4.36. The lowest BCUT2D eigenvalue weighted by Gasteiger charge is -2.16. The number of hydrogen-bond acceptors (Lipinski definition) is 3. The second kappa shape index (κ2) is 7.21. The summed E-state index contributed by atoms with van der Waals surface area (Å²) in [6.07, 6.45) is 3.08. The van der Waals surface area contributed by atoms with Crippen LogP contribution in [0.4, 0.5) is 0 Å². The molecule has 0 aliphatic heterocycles. The molecular weight excluding hydrogens is 316 g/mol. The molecule has 128 valence electrons. The number of nitrogens with one attached hydrogen (secondary N) is 1. The van der Waals surface area contributed by atoms with E-state index < -0.39 is 0 Å². The number of benzene rings is 2. The quantitative estimate of drug-likeness (QED) is 0.702. The Morgan fingerprint density at radius 1 is 1.24 bits per heavy atom. The molecule has 0 saturated carbocycles. The molecule has 1 N–H and O–H groups in total. The molecule has 3 rings (SSSR count). The van der Waals surface area contributed by atoms with Gasteiger partial charge in [0.15, 0.2) is 0 Å². The fourth-order valence-electron chi connectivity index (χ4n) is 2.90. The molecule has 1 heterocycles. The Kier molecular flexibility index (Phi) is 4.84. The summed E-state index contributed by atoms with van der Waals surface area (Å²) in [5.41, 5.74) is 3.45. The van der Waals surface area contributed by atoms with E-state index in [0.29, 0.717) is 24.9 Å². The minimum Gasteiger partial charge on any atom is -0.497 e. The smallest absolute Gasteiger partial charge is 0.260 e. The highest BCUT2D eigenvalue weighted by molar-refractivity contribution is 6.01. The number of carbonyl (C=O) groups excluding carboxylic acids is 2. The number of fused-ring (bicyclic) bond motifs is 1. The number of amides is 2. The molecule has 0 unspecified atom stereocenters. The number of aromatic nitrogens is 1. The van der Waals surface area contributed by atoms with Crippen LogP contribution >= 0.6 is 0 Å². The van der Waals surface area contributed by atoms with E-state index in [1.807, 2.05) is 43.5 Å². The summed E-state index contributed by atoms with van der Waals surface area (Å²) >= 11 is 0. The molecule has 0 bridgehead atoms. The van der Waals surface area contributed by atoms with E-state index >= 15 is 0 Å². The molecular formula is C20H20N2O3. The zero-order valence-corrected chi connectivity index (χ0v) is 14.3. The van der Waals surface area contributed by atoms with Gasteiger partial charge in [-0.1, -0.05) is 18.2 Å². The first kappa shape index (κ1) is 16.8. The zero-order valence-electron chi connectivity index (χ0n) is 14.3. The highest BCUT2D eigenvalue weighted by Crippen LogP contribution is 2.24. The van der Waals surface area contributed by atoms with Crippen molar-refractivity contribution in [3.63, 3.8) is 0 Å². The van der Waals surface area contributed by atoms with Crippen molar-refractivity contribution < 1.29 is 14.3 Å². The van der Waals surface area contributed by atoms with Crippen molar-refractivity contribution in [3.8, 4) is 5.75 Å². The maximum atomic E-state index is 12.6. The lowest BCUT2D eigenvalue weighted by molar-refractivity contribution is -0.115. The van der Waals surface area contributed by atoms with E-state index in [1.54, 1.807) is 19.2 Å². The van der Waals surface area contributed by atoms with Gasteiger partial charge in [-0.2, -0.15) is 0 Å². The third-order valence-electron chi connectivity index (χ3n) is 4.36. The monoisotopic (exact) mass is 336 g/mol. The number of H-pyrrole nitrogens is 1. The van der Waals surface area contributed by atoms with Crippen molar-refractivity contribution in [2.75, 3.05) is 13.7 Å². The number of carbonyl (C=O) groups is 2. The zero-order chi connectivity index (χ0) is 17.8. The van der Waals surface area contributed by atoms with Crippen LogP contribution in [0.3, 0.4) is 0 Å². The summed E-state index contributed by atoms with van der Waals surface area (Å²) in [5, 5.41) is 1.04. The van der Waals surface area contributed by atoms with Crippen molar-refractivity contribution in [3.05, 3.63) is 65.4 Å². The van der Waals surface area contributed by atoms with Gasteiger partial charge in [0.1, 0.15) is 5.75 Å². The molecule has 2 aromatic carbocycles. The predicted molar refractivity (Wildman–Crippen MR) is 96.8 cm³/mol. The van der Waals surface area contributed by atoms with Gasteiger partial charge in [0.05, 0.1) is 7.11 Å². The fraction of sp³-hybridized carbons (Fsp3) is 0.200. The number of aromatic amines is 1.